The lowest BCUT2D eigenvalue weighted by molar-refractivity contribution is -0.113. The van der Waals surface area contributed by atoms with Gasteiger partial charge in [-0.2, -0.15) is 0 Å². The lowest BCUT2D eigenvalue weighted by atomic mass is 10.1. The predicted molar refractivity (Wildman–Crippen MR) is 94.2 cm³/mol. The van der Waals surface area contributed by atoms with Crippen molar-refractivity contribution >= 4 is 39.8 Å². The minimum Gasteiger partial charge on any atom is -0.340 e. The van der Waals surface area contributed by atoms with E-state index in [4.69, 9.17) is 11.6 Å². The van der Waals surface area contributed by atoms with Crippen LogP contribution in [0.4, 0.5) is 15.9 Å². The fraction of sp³-hybridized carbons (Fsp3) is 0.111. The molecule has 2 aromatic heterocycles. The van der Waals surface area contributed by atoms with Crippen LogP contribution in [0.15, 0.2) is 36.8 Å². The van der Waals surface area contributed by atoms with Gasteiger partial charge in [-0.3, -0.25) is 9.78 Å². The Kier molecular flexibility index (Phi) is 4.87. The number of fused-ring (bicyclic) bond motifs is 1. The molecule has 0 aliphatic heterocycles. The van der Waals surface area contributed by atoms with Crippen LogP contribution in [0, 0.1) is 17.7 Å². The van der Waals surface area contributed by atoms with Crippen LogP contribution in [0.5, 0.6) is 0 Å². The molecule has 0 amide bonds. The van der Waals surface area contributed by atoms with E-state index < -0.39 is 5.82 Å². The molecule has 0 fully saturated rings. The summed E-state index contributed by atoms with van der Waals surface area (Å²) in [6.45, 7) is 1.61. The Labute approximate surface area is 148 Å². The highest BCUT2D eigenvalue weighted by Gasteiger charge is 2.09. The third kappa shape index (κ3) is 3.90. The molecule has 3 rings (SSSR count). The molecule has 0 radical (unpaired) electrons. The van der Waals surface area contributed by atoms with E-state index in [1.807, 2.05) is 0 Å². The van der Waals surface area contributed by atoms with Crippen LogP contribution in [0.3, 0.4) is 0 Å². The molecule has 1 aromatic carbocycles. The zero-order valence-electron chi connectivity index (χ0n) is 13.2. The van der Waals surface area contributed by atoms with Gasteiger partial charge in [0, 0.05) is 16.8 Å². The van der Waals surface area contributed by atoms with E-state index in [9.17, 15) is 9.18 Å². The van der Waals surface area contributed by atoms with Gasteiger partial charge in [-0.15, -0.1) is 0 Å². The topological polar surface area (TPSA) is 67.8 Å². The van der Waals surface area contributed by atoms with E-state index in [0.717, 1.165) is 0 Å². The first-order valence-corrected chi connectivity index (χ1v) is 7.72. The summed E-state index contributed by atoms with van der Waals surface area (Å²) in [5.74, 6) is 4.84. The molecule has 0 aliphatic carbocycles. The van der Waals surface area contributed by atoms with Gasteiger partial charge in [0.1, 0.15) is 18.0 Å². The summed E-state index contributed by atoms with van der Waals surface area (Å²) >= 11 is 5.80. The number of pyridine rings is 1. The number of nitrogens with one attached hydrogen (secondary N) is 1. The van der Waals surface area contributed by atoms with E-state index >= 15 is 0 Å². The average Bonchev–Trinajstić information content (AvgIpc) is 2.59. The number of hydrogen-bond donors (Lipinski definition) is 1. The fourth-order valence-electron chi connectivity index (χ4n) is 2.26. The molecular formula is C18H12ClFN4O. The molecule has 0 saturated carbocycles. The van der Waals surface area contributed by atoms with Crippen molar-refractivity contribution in [2.24, 2.45) is 0 Å². The van der Waals surface area contributed by atoms with E-state index in [0.29, 0.717) is 28.1 Å². The first-order valence-electron chi connectivity index (χ1n) is 7.34. The monoisotopic (exact) mass is 354 g/mol. The second-order valence-electron chi connectivity index (χ2n) is 5.14. The smallest absolute Gasteiger partial charge is 0.211 e. The lowest BCUT2D eigenvalue weighted by Crippen LogP contribution is -2.03. The van der Waals surface area contributed by atoms with Gasteiger partial charge in [0.15, 0.2) is 0 Å². The first-order chi connectivity index (χ1) is 12.1. The number of hydrogen-bond acceptors (Lipinski definition) is 5. The van der Waals surface area contributed by atoms with Crippen molar-refractivity contribution in [1.29, 1.82) is 0 Å². The minimum absolute atomic E-state index is 0.00875. The Bertz CT molecular complexity index is 1030. The third-order valence-electron chi connectivity index (χ3n) is 3.37. The molecule has 0 unspecified atom stereocenters. The molecule has 124 valence electrons. The number of rotatable bonds is 4. The second kappa shape index (κ2) is 7.24. The molecule has 7 heteroatoms. The van der Waals surface area contributed by atoms with Crippen LogP contribution < -0.4 is 5.32 Å². The van der Waals surface area contributed by atoms with E-state index in [1.165, 1.54) is 18.5 Å². The van der Waals surface area contributed by atoms with Crippen molar-refractivity contribution < 1.29 is 9.18 Å². The van der Waals surface area contributed by atoms with Crippen molar-refractivity contribution in [2.45, 2.75) is 13.3 Å². The average molecular weight is 355 g/mol. The summed E-state index contributed by atoms with van der Waals surface area (Å²) in [4.78, 5) is 24.3. The molecule has 0 bridgehead atoms. The lowest BCUT2D eigenvalue weighted by Gasteiger charge is -2.09. The van der Waals surface area contributed by atoms with Crippen LogP contribution in [0.2, 0.25) is 5.02 Å². The van der Waals surface area contributed by atoms with Gasteiger partial charge < -0.3 is 5.32 Å². The molecular weight excluding hydrogens is 343 g/mol. The van der Waals surface area contributed by atoms with Gasteiger partial charge in [-0.1, -0.05) is 17.5 Å². The number of carbonyl (C=O) groups excluding carboxylic acids is 1. The zero-order chi connectivity index (χ0) is 17.8. The summed E-state index contributed by atoms with van der Waals surface area (Å²) in [6, 6.07) is 6.02. The summed E-state index contributed by atoms with van der Waals surface area (Å²) in [5.41, 5.74) is 1.76. The second-order valence-corrected chi connectivity index (χ2v) is 5.55. The number of halogens is 2. The Hall–Kier alpha value is -3.04. The summed E-state index contributed by atoms with van der Waals surface area (Å²) < 4.78 is 13.3. The Balaban J connectivity index is 1.97. The summed E-state index contributed by atoms with van der Waals surface area (Å²) in [7, 11) is 0. The SMILES string of the molecule is CC#CC(=O)Cc1cc2c(Nc3ccc(F)c(Cl)c3)ncnc2cn1. The maximum Gasteiger partial charge on any atom is 0.211 e. The van der Waals surface area contributed by atoms with Crippen LogP contribution in [0.1, 0.15) is 12.6 Å². The molecule has 1 N–H and O–H groups in total. The quantitative estimate of drug-likeness (QED) is 0.571. The van der Waals surface area contributed by atoms with Crippen molar-refractivity contribution in [2.75, 3.05) is 5.32 Å². The van der Waals surface area contributed by atoms with Gasteiger partial charge >= 0.3 is 0 Å². The number of Topliss-reactive ketones (excluding diaryl/α,β-unsaturated/α-hetero) is 1. The van der Waals surface area contributed by atoms with Crippen LogP contribution in [-0.4, -0.2) is 20.7 Å². The van der Waals surface area contributed by atoms with Crippen molar-refractivity contribution in [1.82, 2.24) is 15.0 Å². The number of nitrogens with zero attached hydrogens (tertiary/aromatic N) is 3. The fourth-order valence-corrected chi connectivity index (χ4v) is 2.44. The number of anilines is 2. The molecule has 0 spiro atoms. The van der Waals surface area contributed by atoms with Gasteiger partial charge in [0.2, 0.25) is 5.78 Å². The molecule has 3 aromatic rings. The van der Waals surface area contributed by atoms with Crippen molar-refractivity contribution in [3.8, 4) is 11.8 Å². The van der Waals surface area contributed by atoms with Crippen molar-refractivity contribution in [3.63, 3.8) is 0 Å². The highest BCUT2D eigenvalue weighted by molar-refractivity contribution is 6.31. The van der Waals surface area contributed by atoms with E-state index in [2.05, 4.69) is 32.1 Å². The number of ketones is 1. The third-order valence-corrected chi connectivity index (χ3v) is 3.66. The van der Waals surface area contributed by atoms with E-state index in [-0.39, 0.29) is 17.2 Å². The number of benzene rings is 1. The number of carbonyl (C=O) groups is 1. The largest absolute Gasteiger partial charge is 0.340 e. The molecule has 5 nitrogen and oxygen atoms in total. The molecule has 0 aliphatic rings. The van der Waals surface area contributed by atoms with Gasteiger partial charge in [0.05, 0.1) is 23.2 Å². The molecule has 25 heavy (non-hydrogen) atoms. The molecule has 0 saturated heterocycles. The molecule has 2 heterocycles. The predicted octanol–water partition coefficient (Wildman–Crippen LogP) is 3.70. The Morgan fingerprint density at radius 2 is 2.12 bits per heavy atom. The first kappa shape index (κ1) is 16.8. The normalized spacial score (nSPS) is 10.2. The van der Waals surface area contributed by atoms with Crippen molar-refractivity contribution in [3.05, 3.63) is 53.3 Å². The maximum atomic E-state index is 13.3. The van der Waals surface area contributed by atoms with Crippen LogP contribution in [0.25, 0.3) is 10.9 Å². The van der Waals surface area contributed by atoms with Gasteiger partial charge in [-0.05, 0) is 37.1 Å². The highest BCUT2D eigenvalue weighted by atomic mass is 35.5. The highest BCUT2D eigenvalue weighted by Crippen LogP contribution is 2.26. The van der Waals surface area contributed by atoms with Crippen LogP contribution in [-0.2, 0) is 11.2 Å². The Morgan fingerprint density at radius 1 is 1.28 bits per heavy atom. The van der Waals surface area contributed by atoms with Gasteiger partial charge in [0.25, 0.3) is 0 Å². The standard InChI is InChI=1S/C18H12ClFN4O/c1-2-3-13(25)6-12-7-14-17(9-21-12)22-10-23-18(14)24-11-4-5-16(20)15(19)8-11/h4-5,7-10H,6H2,1H3,(H,22,23,24). The van der Waals surface area contributed by atoms with E-state index in [1.54, 1.807) is 25.3 Å². The summed E-state index contributed by atoms with van der Waals surface area (Å²) in [5, 5.41) is 3.77. The minimum atomic E-state index is -0.498. The zero-order valence-corrected chi connectivity index (χ0v) is 13.9. The van der Waals surface area contributed by atoms with Crippen LogP contribution >= 0.6 is 11.6 Å². The maximum absolute atomic E-state index is 13.3. The van der Waals surface area contributed by atoms with Gasteiger partial charge in [-0.25, -0.2) is 14.4 Å². The number of aromatic nitrogens is 3. The molecule has 0 atom stereocenters. The Morgan fingerprint density at radius 3 is 2.88 bits per heavy atom. The summed E-state index contributed by atoms with van der Waals surface area (Å²) in [6.07, 6.45) is 3.07.